The average Bonchev–Trinajstić information content (AvgIpc) is 2.77. The third-order valence-electron chi connectivity index (χ3n) is 3.45. The van der Waals surface area contributed by atoms with Gasteiger partial charge < -0.3 is 5.32 Å². The topological polar surface area (TPSA) is 54.9 Å². The highest BCUT2D eigenvalue weighted by atomic mass is 32.1. The van der Waals surface area contributed by atoms with Crippen LogP contribution in [0.25, 0.3) is 10.4 Å². The Morgan fingerprint density at radius 3 is 2.52 bits per heavy atom. The molecule has 0 aliphatic rings. The zero-order chi connectivity index (χ0) is 17.4. The van der Waals surface area contributed by atoms with Crippen LogP contribution in [0.1, 0.15) is 32.2 Å². The van der Waals surface area contributed by atoms with E-state index in [1.807, 2.05) is 0 Å². The summed E-state index contributed by atoms with van der Waals surface area (Å²) in [5, 5.41) is 2.99. The first-order valence-corrected chi connectivity index (χ1v) is 7.62. The second-order valence-corrected chi connectivity index (χ2v) is 6.67. The fraction of sp³-hybridized carbons (Fsp3) is 0.400. The molecule has 0 atom stereocenters. The Morgan fingerprint density at radius 1 is 1.30 bits per heavy atom. The number of carbonyl (C=O) groups excluding carboxylic acids is 1. The molecule has 0 aliphatic carbocycles. The Bertz CT molecular complexity index is 738. The number of halogens is 3. The van der Waals surface area contributed by atoms with Gasteiger partial charge in [-0.3, -0.25) is 9.78 Å². The lowest BCUT2D eigenvalue weighted by molar-refractivity contribution is -0.181. The molecule has 1 amide bonds. The molecule has 0 saturated carbocycles. The summed E-state index contributed by atoms with van der Waals surface area (Å²) in [7, 11) is 0. The second kappa shape index (κ2) is 5.92. The van der Waals surface area contributed by atoms with E-state index in [1.54, 1.807) is 13.0 Å². The van der Waals surface area contributed by atoms with Gasteiger partial charge in [-0.2, -0.15) is 13.2 Å². The second-order valence-electron chi connectivity index (χ2n) is 5.67. The van der Waals surface area contributed by atoms with E-state index in [0.29, 0.717) is 21.3 Å². The van der Waals surface area contributed by atoms with Crippen molar-refractivity contribution < 1.29 is 18.0 Å². The van der Waals surface area contributed by atoms with Crippen LogP contribution in [0.4, 0.5) is 18.3 Å². The van der Waals surface area contributed by atoms with Crippen LogP contribution in [-0.4, -0.2) is 22.1 Å². The van der Waals surface area contributed by atoms with E-state index >= 15 is 0 Å². The summed E-state index contributed by atoms with van der Waals surface area (Å²) in [6.07, 6.45) is -3.04. The molecule has 0 saturated heterocycles. The number of alkyl halides is 3. The number of carbonyl (C=O) groups is 1. The fourth-order valence-electron chi connectivity index (χ4n) is 1.93. The van der Waals surface area contributed by atoms with Gasteiger partial charge in [0.15, 0.2) is 5.13 Å². The lowest BCUT2D eigenvalue weighted by Crippen LogP contribution is -2.37. The summed E-state index contributed by atoms with van der Waals surface area (Å²) >= 11 is 1.22. The van der Waals surface area contributed by atoms with Gasteiger partial charge in [-0.15, -0.1) is 0 Å². The molecule has 0 radical (unpaired) electrons. The number of aromatic nitrogens is 2. The number of anilines is 1. The van der Waals surface area contributed by atoms with Crippen LogP contribution in [0.15, 0.2) is 18.3 Å². The molecule has 0 aromatic carbocycles. The molecule has 0 unspecified atom stereocenters. The molecule has 124 valence electrons. The molecule has 23 heavy (non-hydrogen) atoms. The summed E-state index contributed by atoms with van der Waals surface area (Å²) in [5.41, 5.74) is -0.877. The average molecular weight is 343 g/mol. The van der Waals surface area contributed by atoms with Crippen molar-refractivity contribution in [2.45, 2.75) is 39.3 Å². The van der Waals surface area contributed by atoms with Crippen LogP contribution in [0.5, 0.6) is 0 Å². The Balaban J connectivity index is 2.45. The van der Waals surface area contributed by atoms with Crippen molar-refractivity contribution in [3.63, 3.8) is 0 Å². The van der Waals surface area contributed by atoms with Crippen molar-refractivity contribution in [3.05, 3.63) is 29.7 Å². The van der Waals surface area contributed by atoms with Crippen LogP contribution >= 0.6 is 11.3 Å². The highest BCUT2D eigenvalue weighted by molar-refractivity contribution is 7.19. The van der Waals surface area contributed by atoms with Crippen LogP contribution in [0, 0.1) is 6.92 Å². The number of thiazole rings is 1. The summed E-state index contributed by atoms with van der Waals surface area (Å²) in [6.45, 7) is 5.31. The van der Waals surface area contributed by atoms with Gasteiger partial charge in [0.1, 0.15) is 5.41 Å². The molecule has 8 heteroatoms. The van der Waals surface area contributed by atoms with Gasteiger partial charge in [-0.25, -0.2) is 4.98 Å². The summed E-state index contributed by atoms with van der Waals surface area (Å²) in [6, 6.07) is 3.06. The van der Waals surface area contributed by atoms with E-state index < -0.39 is 11.6 Å². The van der Waals surface area contributed by atoms with Gasteiger partial charge >= 0.3 is 6.18 Å². The SMILES string of the molecule is CC(=O)Nc1nc(C)c(-c2ccnc(C(C)(C)C(F)(F)F)c2)s1. The van der Waals surface area contributed by atoms with Crippen LogP contribution in [0.3, 0.4) is 0 Å². The molecule has 4 nitrogen and oxygen atoms in total. The smallest absolute Gasteiger partial charge is 0.302 e. The largest absolute Gasteiger partial charge is 0.399 e. The van der Waals surface area contributed by atoms with E-state index in [0.717, 1.165) is 13.8 Å². The Kier molecular flexibility index (Phi) is 4.48. The molecule has 0 spiro atoms. The van der Waals surface area contributed by atoms with Gasteiger partial charge in [0.05, 0.1) is 16.3 Å². The fourth-order valence-corrected chi connectivity index (χ4v) is 2.94. The minimum Gasteiger partial charge on any atom is -0.302 e. The van der Waals surface area contributed by atoms with Crippen molar-refractivity contribution in [1.29, 1.82) is 0 Å². The number of pyridine rings is 1. The first-order chi connectivity index (χ1) is 10.5. The van der Waals surface area contributed by atoms with E-state index in [-0.39, 0.29) is 11.6 Å². The predicted molar refractivity (Wildman–Crippen MR) is 83.5 cm³/mol. The summed E-state index contributed by atoms with van der Waals surface area (Å²) in [4.78, 5) is 19.9. The number of aryl methyl sites for hydroxylation is 1. The minimum absolute atomic E-state index is 0.0589. The van der Waals surface area contributed by atoms with E-state index in [4.69, 9.17) is 0 Å². The molecule has 2 aromatic heterocycles. The molecule has 0 aliphatic heterocycles. The minimum atomic E-state index is -4.40. The third-order valence-corrected chi connectivity index (χ3v) is 4.57. The Hall–Kier alpha value is -1.96. The predicted octanol–water partition coefficient (Wildman–Crippen LogP) is 4.31. The number of hydrogen-bond acceptors (Lipinski definition) is 4. The maximum Gasteiger partial charge on any atom is 0.399 e. The van der Waals surface area contributed by atoms with Crippen molar-refractivity contribution >= 4 is 22.4 Å². The monoisotopic (exact) mass is 343 g/mol. The standard InChI is InChI=1S/C15H16F3N3OS/c1-8-12(23-13(20-8)21-9(2)22)10-5-6-19-11(7-10)14(3,4)15(16,17)18/h5-7H,1-4H3,(H,20,21,22). The number of rotatable bonds is 3. The Morgan fingerprint density at radius 2 is 1.96 bits per heavy atom. The highest BCUT2D eigenvalue weighted by Crippen LogP contribution is 2.41. The third kappa shape index (κ3) is 3.52. The Labute approximate surface area is 135 Å². The van der Waals surface area contributed by atoms with E-state index in [1.165, 1.54) is 30.5 Å². The maximum atomic E-state index is 13.2. The first kappa shape index (κ1) is 17.4. The molecule has 2 aromatic rings. The van der Waals surface area contributed by atoms with E-state index in [2.05, 4.69) is 15.3 Å². The number of hydrogen-bond donors (Lipinski definition) is 1. The summed E-state index contributed by atoms with van der Waals surface area (Å²) < 4.78 is 39.5. The quantitative estimate of drug-likeness (QED) is 0.903. The van der Waals surface area contributed by atoms with Crippen molar-refractivity contribution in [2.75, 3.05) is 5.32 Å². The van der Waals surface area contributed by atoms with Crippen molar-refractivity contribution in [1.82, 2.24) is 9.97 Å². The zero-order valence-electron chi connectivity index (χ0n) is 13.1. The number of amides is 1. The lowest BCUT2D eigenvalue weighted by atomic mass is 9.87. The molecule has 2 rings (SSSR count). The lowest BCUT2D eigenvalue weighted by Gasteiger charge is -2.27. The van der Waals surface area contributed by atoms with Crippen LogP contribution < -0.4 is 5.32 Å². The molecule has 0 bridgehead atoms. The van der Waals surface area contributed by atoms with Crippen LogP contribution in [-0.2, 0) is 10.2 Å². The van der Waals surface area contributed by atoms with Gasteiger partial charge in [0.25, 0.3) is 0 Å². The van der Waals surface area contributed by atoms with Gasteiger partial charge in [-0.1, -0.05) is 11.3 Å². The van der Waals surface area contributed by atoms with E-state index in [9.17, 15) is 18.0 Å². The molecule has 1 N–H and O–H groups in total. The van der Waals surface area contributed by atoms with Gasteiger partial charge in [0, 0.05) is 13.1 Å². The molecular formula is C15H16F3N3OS. The summed E-state index contributed by atoms with van der Waals surface area (Å²) in [5.74, 6) is -0.251. The maximum absolute atomic E-state index is 13.2. The molecule has 0 fully saturated rings. The number of nitrogens with one attached hydrogen (secondary N) is 1. The zero-order valence-corrected chi connectivity index (χ0v) is 13.9. The molecule has 2 heterocycles. The molecular weight excluding hydrogens is 327 g/mol. The van der Waals surface area contributed by atoms with Crippen molar-refractivity contribution in [3.8, 4) is 10.4 Å². The van der Waals surface area contributed by atoms with Gasteiger partial charge in [-0.05, 0) is 38.5 Å². The first-order valence-electron chi connectivity index (χ1n) is 6.81. The van der Waals surface area contributed by atoms with Crippen molar-refractivity contribution in [2.24, 2.45) is 0 Å². The highest BCUT2D eigenvalue weighted by Gasteiger charge is 2.49. The number of nitrogens with zero attached hydrogens (tertiary/aromatic N) is 2. The van der Waals surface area contributed by atoms with Crippen LogP contribution in [0.2, 0.25) is 0 Å². The van der Waals surface area contributed by atoms with Gasteiger partial charge in [0.2, 0.25) is 5.91 Å². The normalized spacial score (nSPS) is 12.3.